The van der Waals surface area contributed by atoms with Crippen LogP contribution in [-0.2, 0) is 17.9 Å². The zero-order valence-electron chi connectivity index (χ0n) is 15.5. The van der Waals surface area contributed by atoms with Gasteiger partial charge in [-0.15, -0.1) is 0 Å². The topological polar surface area (TPSA) is 6.48 Å². The van der Waals surface area contributed by atoms with E-state index in [9.17, 15) is 0 Å². The summed E-state index contributed by atoms with van der Waals surface area (Å²) in [6.45, 7) is 14.7. The van der Waals surface area contributed by atoms with Crippen molar-refractivity contribution in [2.75, 3.05) is 27.2 Å². The molecule has 0 aromatic carbocycles. The SMILES string of the molecule is CN1CCN(C)C2=C1C(C(C)(C)C)=[C]([Ti]([CH3])[CH3])C2[SiH](C)C. The average Bonchev–Trinajstić information content (AvgIpc) is 2.70. The standard InChI is InChI=1S/C15H27N2Si.2CH3.Ti/c1-15(2,3)11-10-12(18(6)7)14-13(11)16(4)8-9-17(14)5;;;/h12,18H,8-9H2,1-7H3;2*1H3;. The van der Waals surface area contributed by atoms with Gasteiger partial charge in [-0.3, -0.25) is 0 Å². The second-order valence-corrected chi connectivity index (χ2v) is 15.5. The van der Waals surface area contributed by atoms with E-state index in [2.05, 4.69) is 68.2 Å². The quantitative estimate of drug-likeness (QED) is 0.702. The summed E-state index contributed by atoms with van der Waals surface area (Å²) in [7, 11) is 3.88. The van der Waals surface area contributed by atoms with Gasteiger partial charge in [-0.2, -0.15) is 0 Å². The first-order valence-corrected chi connectivity index (χ1v) is 15.2. The summed E-state index contributed by atoms with van der Waals surface area (Å²) in [5.74, 6) is 0. The molecule has 2 nitrogen and oxygen atoms in total. The summed E-state index contributed by atoms with van der Waals surface area (Å²) in [5.41, 5.74) is 6.07. The molecule has 1 aliphatic heterocycles. The molecular weight excluding hydrogens is 308 g/mol. The summed E-state index contributed by atoms with van der Waals surface area (Å²) in [5, 5.41) is 5.12. The van der Waals surface area contributed by atoms with Crippen LogP contribution in [0, 0.1) is 5.41 Å². The van der Waals surface area contributed by atoms with Crippen molar-refractivity contribution in [1.82, 2.24) is 9.80 Å². The van der Waals surface area contributed by atoms with Gasteiger partial charge in [-0.25, -0.2) is 0 Å². The summed E-state index contributed by atoms with van der Waals surface area (Å²) in [4.78, 5) is 5.13. The van der Waals surface area contributed by atoms with Crippen molar-refractivity contribution >= 4 is 8.80 Å². The van der Waals surface area contributed by atoms with Gasteiger partial charge in [0.1, 0.15) is 0 Å². The molecule has 119 valence electrons. The van der Waals surface area contributed by atoms with E-state index in [1.165, 1.54) is 6.54 Å². The van der Waals surface area contributed by atoms with Crippen LogP contribution in [-0.4, -0.2) is 45.8 Å². The maximum absolute atomic E-state index is 2.58. The molecule has 0 aromatic rings. The van der Waals surface area contributed by atoms with Crippen LogP contribution in [0.25, 0.3) is 0 Å². The van der Waals surface area contributed by atoms with Gasteiger partial charge in [0.2, 0.25) is 0 Å². The fraction of sp³-hybridized carbons (Fsp3) is 0.765. The Morgan fingerprint density at radius 1 is 1.05 bits per heavy atom. The Morgan fingerprint density at radius 2 is 1.57 bits per heavy atom. The van der Waals surface area contributed by atoms with Gasteiger partial charge in [-0.05, 0) is 0 Å². The Hall–Kier alpha value is 0.0112. The van der Waals surface area contributed by atoms with Crippen LogP contribution in [0.3, 0.4) is 0 Å². The van der Waals surface area contributed by atoms with E-state index in [-0.39, 0.29) is 5.41 Å². The van der Waals surface area contributed by atoms with Crippen molar-refractivity contribution in [3.05, 3.63) is 20.8 Å². The molecule has 0 aromatic heterocycles. The van der Waals surface area contributed by atoms with Gasteiger partial charge in [0.25, 0.3) is 0 Å². The van der Waals surface area contributed by atoms with E-state index in [0.717, 1.165) is 12.1 Å². The fourth-order valence-corrected chi connectivity index (χ4v) is 11.6. The molecule has 0 amide bonds. The second kappa shape index (κ2) is 5.90. The van der Waals surface area contributed by atoms with E-state index in [1.807, 2.05) is 3.88 Å². The molecule has 4 heteroatoms. The summed E-state index contributed by atoms with van der Waals surface area (Å²) < 4.78 is 1.91. The first-order valence-electron chi connectivity index (χ1n) is 8.29. The monoisotopic (exact) mass is 341 g/mol. The average molecular weight is 341 g/mol. The number of hydrogen-bond donors (Lipinski definition) is 0. The van der Waals surface area contributed by atoms with Crippen molar-refractivity contribution in [3.8, 4) is 0 Å². The summed E-state index contributed by atoms with van der Waals surface area (Å²) in [6.07, 6.45) is 0. The Labute approximate surface area is 139 Å². The molecule has 1 aliphatic carbocycles. The maximum atomic E-state index is 2.58. The number of likely N-dealkylation sites (N-methyl/N-ethyl adjacent to an activating group) is 2. The number of allylic oxidation sites excluding steroid dienone is 2. The van der Waals surface area contributed by atoms with Gasteiger partial charge in [0.05, 0.1) is 0 Å². The van der Waals surface area contributed by atoms with Crippen molar-refractivity contribution in [2.24, 2.45) is 5.41 Å². The van der Waals surface area contributed by atoms with Gasteiger partial charge in [-0.1, -0.05) is 0 Å². The molecule has 0 saturated carbocycles. The van der Waals surface area contributed by atoms with Crippen molar-refractivity contribution in [1.29, 1.82) is 0 Å². The van der Waals surface area contributed by atoms with Crippen LogP contribution in [0.2, 0.25) is 29.1 Å². The van der Waals surface area contributed by atoms with Crippen molar-refractivity contribution < 1.29 is 17.9 Å². The molecule has 0 fully saturated rings. The fourth-order valence-electron chi connectivity index (χ4n) is 4.00. The normalized spacial score (nSPS) is 23.4. The molecule has 0 spiro atoms. The Balaban J connectivity index is 2.73. The Kier molecular flexibility index (Phi) is 4.88. The molecule has 1 atom stereocenters. The predicted octanol–water partition coefficient (Wildman–Crippen LogP) is 3.96. The first-order chi connectivity index (χ1) is 9.57. The van der Waals surface area contributed by atoms with E-state index in [0.29, 0.717) is 0 Å². The van der Waals surface area contributed by atoms with Gasteiger partial charge in [0.15, 0.2) is 0 Å². The third-order valence-corrected chi connectivity index (χ3v) is 9.93. The second-order valence-electron chi connectivity index (χ2n) is 8.34. The number of nitrogens with zero attached hydrogens (tertiary/aromatic N) is 2. The molecule has 21 heavy (non-hydrogen) atoms. The molecule has 0 bridgehead atoms. The molecule has 2 aliphatic rings. The molecule has 0 radical (unpaired) electrons. The molecule has 0 N–H and O–H groups in total. The predicted molar refractivity (Wildman–Crippen MR) is 93.1 cm³/mol. The van der Waals surface area contributed by atoms with Gasteiger partial charge in [0, 0.05) is 0 Å². The minimum absolute atomic E-state index is 0.269. The Morgan fingerprint density at radius 3 is 2.00 bits per heavy atom. The van der Waals surface area contributed by atoms with Crippen LogP contribution < -0.4 is 0 Å². The van der Waals surface area contributed by atoms with Crippen LogP contribution in [0.1, 0.15) is 20.8 Å². The van der Waals surface area contributed by atoms with Crippen LogP contribution >= 0.6 is 0 Å². The van der Waals surface area contributed by atoms with Crippen LogP contribution in [0.5, 0.6) is 0 Å². The third kappa shape index (κ3) is 2.94. The van der Waals surface area contributed by atoms with Crippen LogP contribution in [0.15, 0.2) is 20.8 Å². The molecule has 1 unspecified atom stereocenters. The Bertz CT molecular complexity index is 486. The molecule has 1 heterocycles. The van der Waals surface area contributed by atoms with E-state index in [1.54, 1.807) is 17.0 Å². The van der Waals surface area contributed by atoms with Gasteiger partial charge >= 0.3 is 140 Å². The molecule has 0 saturated heterocycles. The van der Waals surface area contributed by atoms with E-state index in [4.69, 9.17) is 0 Å². The van der Waals surface area contributed by atoms with Crippen molar-refractivity contribution in [3.63, 3.8) is 0 Å². The first kappa shape index (κ1) is 17.4. The van der Waals surface area contributed by atoms with E-state index < -0.39 is 26.7 Å². The van der Waals surface area contributed by atoms with Gasteiger partial charge < -0.3 is 0 Å². The molecule has 2 rings (SSSR count). The number of rotatable bonds is 2. The summed E-state index contributed by atoms with van der Waals surface area (Å²) >= 11 is -1.10. The number of hydrogen-bond acceptors (Lipinski definition) is 2. The van der Waals surface area contributed by atoms with Crippen LogP contribution in [0.4, 0.5) is 0 Å². The van der Waals surface area contributed by atoms with E-state index >= 15 is 0 Å². The minimum atomic E-state index is -1.10. The molecular formula is C17H33N2SiTi. The summed E-state index contributed by atoms with van der Waals surface area (Å²) in [6, 6.07) is 0. The zero-order chi connectivity index (χ0) is 16.1. The zero-order valence-corrected chi connectivity index (χ0v) is 18.2. The van der Waals surface area contributed by atoms with Crippen molar-refractivity contribution in [2.45, 2.75) is 49.9 Å². The third-order valence-electron chi connectivity index (χ3n) is 4.87.